The van der Waals surface area contributed by atoms with Gasteiger partial charge in [0.05, 0.1) is 6.61 Å². The summed E-state index contributed by atoms with van der Waals surface area (Å²) in [7, 11) is 0. The van der Waals surface area contributed by atoms with Crippen molar-refractivity contribution < 1.29 is 14.7 Å². The first-order chi connectivity index (χ1) is 14.9. The summed E-state index contributed by atoms with van der Waals surface area (Å²) >= 11 is 0. The van der Waals surface area contributed by atoms with Gasteiger partial charge in [-0.05, 0) is 79.9 Å². The Kier molecular flexibility index (Phi) is 4.88. The van der Waals surface area contributed by atoms with Gasteiger partial charge < -0.3 is 20.7 Å². The maximum absolute atomic E-state index is 13.0. The van der Waals surface area contributed by atoms with E-state index in [1.807, 2.05) is 0 Å². The number of nitrogens with one attached hydrogen (secondary N) is 1. The lowest BCUT2D eigenvalue weighted by atomic mass is 9.49. The second kappa shape index (κ2) is 7.48. The topological polar surface area (TPSA) is 114 Å². The van der Waals surface area contributed by atoms with Crippen LogP contribution in [0.15, 0.2) is 35.3 Å². The second-order valence-electron chi connectivity index (χ2n) is 10.0. The Morgan fingerprint density at radius 1 is 1.10 bits per heavy atom. The summed E-state index contributed by atoms with van der Waals surface area (Å²) in [4.78, 5) is 37.5. The summed E-state index contributed by atoms with van der Waals surface area (Å²) in [6.07, 6.45) is 9.53. The van der Waals surface area contributed by atoms with E-state index in [4.69, 9.17) is 5.73 Å². The highest BCUT2D eigenvalue weighted by Gasteiger charge is 2.51. The Balaban J connectivity index is 1.39. The van der Waals surface area contributed by atoms with Crippen molar-refractivity contribution >= 4 is 28.3 Å². The number of fused-ring (bicyclic) bond motifs is 1. The summed E-state index contributed by atoms with van der Waals surface area (Å²) in [6.45, 7) is -0.553. The number of hydrogen-bond donors (Lipinski definition) is 3. The molecule has 164 valence electrons. The molecule has 4 saturated carbocycles. The monoisotopic (exact) mass is 423 g/mol. The van der Waals surface area contributed by atoms with Gasteiger partial charge in [-0.3, -0.25) is 14.4 Å². The highest BCUT2D eigenvalue weighted by Crippen LogP contribution is 2.61. The SMILES string of the molecule is NC(=O)C(CO)n1ccc2c(NC(=O)CC34CC5CC(CC(C5)C3)C4)cccc2c1=O. The molecule has 0 aliphatic heterocycles. The molecule has 4 N–H and O–H groups in total. The van der Waals surface area contributed by atoms with Gasteiger partial charge in [-0.25, -0.2) is 0 Å². The zero-order valence-corrected chi connectivity index (χ0v) is 17.5. The molecule has 7 nitrogen and oxygen atoms in total. The van der Waals surface area contributed by atoms with Crippen LogP contribution in [0.25, 0.3) is 10.8 Å². The Morgan fingerprint density at radius 3 is 2.32 bits per heavy atom. The Bertz CT molecular complexity index is 1070. The lowest BCUT2D eigenvalue weighted by molar-refractivity contribution is -0.124. The van der Waals surface area contributed by atoms with Gasteiger partial charge in [-0.2, -0.15) is 0 Å². The normalized spacial score (nSPS) is 29.8. The van der Waals surface area contributed by atoms with Crippen molar-refractivity contribution in [3.05, 3.63) is 40.8 Å². The third-order valence-corrected chi connectivity index (χ3v) is 7.78. The molecule has 7 heteroatoms. The number of rotatable bonds is 6. The first-order valence-electron chi connectivity index (χ1n) is 11.2. The zero-order valence-electron chi connectivity index (χ0n) is 17.5. The predicted molar refractivity (Wildman–Crippen MR) is 117 cm³/mol. The van der Waals surface area contributed by atoms with Crippen molar-refractivity contribution in [2.24, 2.45) is 28.9 Å². The third kappa shape index (κ3) is 3.55. The van der Waals surface area contributed by atoms with Gasteiger partial charge in [0.2, 0.25) is 11.8 Å². The number of nitrogens with two attached hydrogens (primary N) is 1. The van der Waals surface area contributed by atoms with Crippen molar-refractivity contribution in [3.63, 3.8) is 0 Å². The van der Waals surface area contributed by atoms with Crippen LogP contribution in [0.3, 0.4) is 0 Å². The maximum Gasteiger partial charge on any atom is 0.259 e. The predicted octanol–water partition coefficient (Wildman–Crippen LogP) is 2.57. The molecule has 1 atom stereocenters. The minimum absolute atomic E-state index is 0.00370. The van der Waals surface area contributed by atoms with E-state index in [9.17, 15) is 19.5 Å². The molecule has 1 heterocycles. The molecule has 4 bridgehead atoms. The molecule has 2 amide bonds. The van der Waals surface area contributed by atoms with E-state index in [0.29, 0.717) is 22.9 Å². The Morgan fingerprint density at radius 2 is 1.74 bits per heavy atom. The number of hydrogen-bond acceptors (Lipinski definition) is 4. The average molecular weight is 424 g/mol. The van der Waals surface area contributed by atoms with E-state index < -0.39 is 24.1 Å². The van der Waals surface area contributed by atoms with Gasteiger partial charge in [0.15, 0.2) is 0 Å². The molecule has 2 aromatic rings. The molecule has 31 heavy (non-hydrogen) atoms. The number of nitrogens with zero attached hydrogens (tertiary/aromatic N) is 1. The fourth-order valence-corrected chi connectivity index (χ4v) is 7.00. The van der Waals surface area contributed by atoms with E-state index >= 15 is 0 Å². The summed E-state index contributed by atoms with van der Waals surface area (Å²) in [5.41, 5.74) is 5.63. The number of carbonyl (C=O) groups excluding carboxylic acids is 2. The van der Waals surface area contributed by atoms with E-state index in [0.717, 1.165) is 22.3 Å². The van der Waals surface area contributed by atoms with E-state index in [-0.39, 0.29) is 11.3 Å². The van der Waals surface area contributed by atoms with Gasteiger partial charge in [0.1, 0.15) is 6.04 Å². The Labute approximate surface area is 180 Å². The van der Waals surface area contributed by atoms with Crippen LogP contribution in [0.2, 0.25) is 0 Å². The summed E-state index contributed by atoms with van der Waals surface area (Å²) < 4.78 is 1.14. The largest absolute Gasteiger partial charge is 0.394 e. The Hall–Kier alpha value is -2.67. The van der Waals surface area contributed by atoms with Crippen molar-refractivity contribution in [3.8, 4) is 0 Å². The molecule has 1 aromatic heterocycles. The maximum atomic E-state index is 13.0. The molecule has 4 fully saturated rings. The molecule has 1 aromatic carbocycles. The molecular formula is C24H29N3O4. The average Bonchev–Trinajstić information content (AvgIpc) is 2.69. The number of pyridine rings is 1. The van der Waals surface area contributed by atoms with Crippen molar-refractivity contribution in [2.45, 2.75) is 51.0 Å². The first-order valence-corrected chi connectivity index (χ1v) is 11.2. The molecule has 0 saturated heterocycles. The number of amides is 2. The van der Waals surface area contributed by atoms with Gasteiger partial charge >= 0.3 is 0 Å². The summed E-state index contributed by atoms with van der Waals surface area (Å²) in [6, 6.07) is 5.72. The van der Waals surface area contributed by atoms with Crippen LogP contribution in [-0.2, 0) is 9.59 Å². The lowest BCUT2D eigenvalue weighted by Gasteiger charge is -2.56. The summed E-state index contributed by atoms with van der Waals surface area (Å²) in [5.74, 6) is 1.60. The van der Waals surface area contributed by atoms with Gasteiger partial charge in [0, 0.05) is 29.1 Å². The van der Waals surface area contributed by atoms with Crippen molar-refractivity contribution in [2.75, 3.05) is 11.9 Å². The van der Waals surface area contributed by atoms with Crippen LogP contribution in [-0.4, -0.2) is 28.1 Å². The number of benzene rings is 1. The van der Waals surface area contributed by atoms with Crippen LogP contribution < -0.4 is 16.6 Å². The minimum Gasteiger partial charge on any atom is -0.394 e. The lowest BCUT2D eigenvalue weighted by Crippen LogP contribution is -2.47. The quantitative estimate of drug-likeness (QED) is 0.662. The van der Waals surface area contributed by atoms with Crippen LogP contribution in [0.5, 0.6) is 0 Å². The van der Waals surface area contributed by atoms with Crippen molar-refractivity contribution in [1.82, 2.24) is 4.57 Å². The number of aliphatic hydroxyl groups is 1. The molecule has 0 radical (unpaired) electrons. The van der Waals surface area contributed by atoms with Crippen molar-refractivity contribution in [1.29, 1.82) is 0 Å². The molecule has 4 aliphatic rings. The fourth-order valence-electron chi connectivity index (χ4n) is 7.00. The number of aromatic nitrogens is 1. The number of anilines is 1. The number of carbonyl (C=O) groups is 2. The van der Waals surface area contributed by atoms with E-state index in [2.05, 4.69) is 5.32 Å². The van der Waals surface area contributed by atoms with Crippen LogP contribution >= 0.6 is 0 Å². The smallest absolute Gasteiger partial charge is 0.259 e. The van der Waals surface area contributed by atoms with Crippen LogP contribution in [0.1, 0.15) is 51.0 Å². The molecule has 4 aliphatic carbocycles. The van der Waals surface area contributed by atoms with E-state index in [1.54, 1.807) is 24.3 Å². The standard InChI is InChI=1S/C24H29N3O4/c25-22(30)20(13-28)27-5-4-17-18(23(27)31)2-1-3-19(17)26-21(29)12-24-9-14-6-15(10-24)8-16(7-14)11-24/h1-5,14-16,20,28H,6-13H2,(H2,25,30)(H,26,29). The number of primary amides is 1. The molecule has 1 unspecified atom stereocenters. The second-order valence-corrected chi connectivity index (χ2v) is 10.0. The zero-order chi connectivity index (χ0) is 21.8. The third-order valence-electron chi connectivity index (χ3n) is 7.78. The minimum atomic E-state index is -1.12. The highest BCUT2D eigenvalue weighted by molar-refractivity contribution is 6.02. The van der Waals surface area contributed by atoms with E-state index in [1.165, 1.54) is 44.7 Å². The van der Waals surface area contributed by atoms with Crippen LogP contribution in [0, 0.1) is 23.2 Å². The molecule has 6 rings (SSSR count). The van der Waals surface area contributed by atoms with Gasteiger partial charge in [-0.15, -0.1) is 0 Å². The molecule has 0 spiro atoms. The summed E-state index contributed by atoms with van der Waals surface area (Å²) in [5, 5.41) is 13.5. The van der Waals surface area contributed by atoms with Crippen LogP contribution in [0.4, 0.5) is 5.69 Å². The fraction of sp³-hybridized carbons (Fsp3) is 0.542. The highest BCUT2D eigenvalue weighted by atomic mass is 16.3. The number of aliphatic hydroxyl groups excluding tert-OH is 1. The first kappa shape index (κ1) is 20.2. The van der Waals surface area contributed by atoms with Gasteiger partial charge in [0.25, 0.3) is 5.56 Å². The molecular weight excluding hydrogens is 394 g/mol. The van der Waals surface area contributed by atoms with Gasteiger partial charge in [-0.1, -0.05) is 6.07 Å².